The second-order valence-electron chi connectivity index (χ2n) is 5.02. The van der Waals surface area contributed by atoms with Gasteiger partial charge in [0, 0.05) is 13.6 Å². The van der Waals surface area contributed by atoms with Crippen LogP contribution >= 0.6 is 11.8 Å². The maximum atomic E-state index is 12.1. The first kappa shape index (κ1) is 17.1. The molecule has 0 saturated carbocycles. The average Bonchev–Trinajstić information content (AvgIpc) is 2.81. The molecule has 0 saturated heterocycles. The molecule has 0 atom stereocenters. The lowest BCUT2D eigenvalue weighted by Gasteiger charge is -2.07. The number of nitrogens with one attached hydrogen (secondary N) is 1. The van der Waals surface area contributed by atoms with Gasteiger partial charge in [0.2, 0.25) is 0 Å². The van der Waals surface area contributed by atoms with Crippen LogP contribution < -0.4 is 11.2 Å². The standard InChI is InChI=1S/C14H18N4O4S/c1-5-22-9(19)7-23-14-15-11-10(18(14)6-8(2)3)12(20)16-13(21)17(11)4/h2,5-7H2,1,3-4H3,(H,16,20,21). The summed E-state index contributed by atoms with van der Waals surface area (Å²) in [4.78, 5) is 42.0. The fraction of sp³-hybridized carbons (Fsp3) is 0.429. The van der Waals surface area contributed by atoms with E-state index in [0.29, 0.717) is 18.3 Å². The molecule has 2 rings (SSSR count). The van der Waals surface area contributed by atoms with Crippen molar-refractivity contribution >= 4 is 28.9 Å². The molecular formula is C14H18N4O4S. The Morgan fingerprint density at radius 1 is 1.43 bits per heavy atom. The van der Waals surface area contributed by atoms with E-state index in [4.69, 9.17) is 4.74 Å². The highest BCUT2D eigenvalue weighted by atomic mass is 32.2. The zero-order valence-electron chi connectivity index (χ0n) is 13.2. The summed E-state index contributed by atoms with van der Waals surface area (Å²) in [6.45, 7) is 8.06. The predicted molar refractivity (Wildman–Crippen MR) is 87.8 cm³/mol. The predicted octanol–water partition coefficient (Wildman–Crippen LogP) is 0.655. The van der Waals surface area contributed by atoms with E-state index >= 15 is 0 Å². The van der Waals surface area contributed by atoms with Gasteiger partial charge in [0.15, 0.2) is 16.3 Å². The second kappa shape index (κ2) is 6.86. The van der Waals surface area contributed by atoms with Gasteiger partial charge < -0.3 is 9.30 Å². The largest absolute Gasteiger partial charge is 0.465 e. The Bertz CT molecular complexity index is 877. The molecular weight excluding hydrogens is 320 g/mol. The third kappa shape index (κ3) is 3.55. The summed E-state index contributed by atoms with van der Waals surface area (Å²) >= 11 is 1.15. The molecule has 2 heterocycles. The molecule has 9 heteroatoms. The first-order chi connectivity index (χ1) is 10.8. The van der Waals surface area contributed by atoms with Crippen LogP contribution in [0, 0.1) is 0 Å². The summed E-state index contributed by atoms with van der Waals surface area (Å²) in [6.07, 6.45) is 0. The third-order valence-corrected chi connectivity index (χ3v) is 3.97. The number of fused-ring (bicyclic) bond motifs is 1. The van der Waals surface area contributed by atoms with E-state index in [0.717, 1.165) is 17.3 Å². The summed E-state index contributed by atoms with van der Waals surface area (Å²) in [5.41, 5.74) is 0.313. The van der Waals surface area contributed by atoms with E-state index in [-0.39, 0.29) is 22.9 Å². The SMILES string of the molecule is C=C(C)Cn1c(SCC(=O)OCC)nc2c1c(=O)[nH]c(=O)n2C. The number of rotatable bonds is 6. The topological polar surface area (TPSA) is 99.0 Å². The average molecular weight is 338 g/mol. The van der Waals surface area contributed by atoms with Crippen LogP contribution in [0.1, 0.15) is 13.8 Å². The Labute approximate surface area is 136 Å². The normalized spacial score (nSPS) is 10.9. The van der Waals surface area contributed by atoms with Gasteiger partial charge in [-0.2, -0.15) is 0 Å². The van der Waals surface area contributed by atoms with Crippen LogP contribution in [-0.2, 0) is 23.1 Å². The number of hydrogen-bond donors (Lipinski definition) is 1. The monoisotopic (exact) mass is 338 g/mol. The van der Waals surface area contributed by atoms with Gasteiger partial charge in [-0.1, -0.05) is 23.9 Å². The molecule has 1 N–H and O–H groups in total. The number of carbonyl (C=O) groups excluding carboxylic acids is 1. The molecule has 0 aliphatic rings. The van der Waals surface area contributed by atoms with Gasteiger partial charge in [0.25, 0.3) is 5.56 Å². The van der Waals surface area contributed by atoms with Crippen molar-refractivity contribution in [3.8, 4) is 0 Å². The van der Waals surface area contributed by atoms with Crippen molar-refractivity contribution in [2.75, 3.05) is 12.4 Å². The van der Waals surface area contributed by atoms with Crippen molar-refractivity contribution in [1.29, 1.82) is 0 Å². The highest BCUT2D eigenvalue weighted by molar-refractivity contribution is 7.99. The zero-order valence-corrected chi connectivity index (χ0v) is 14.0. The van der Waals surface area contributed by atoms with Gasteiger partial charge in [-0.15, -0.1) is 0 Å². The number of imidazole rings is 1. The Morgan fingerprint density at radius 2 is 2.13 bits per heavy atom. The fourth-order valence-corrected chi connectivity index (χ4v) is 2.86. The van der Waals surface area contributed by atoms with E-state index in [1.54, 1.807) is 11.5 Å². The van der Waals surface area contributed by atoms with E-state index in [1.165, 1.54) is 11.6 Å². The molecule has 124 valence electrons. The van der Waals surface area contributed by atoms with Crippen molar-refractivity contribution in [3.05, 3.63) is 33.0 Å². The smallest absolute Gasteiger partial charge is 0.329 e. The van der Waals surface area contributed by atoms with Crippen LogP contribution in [0.25, 0.3) is 11.2 Å². The number of nitrogens with zero attached hydrogens (tertiary/aromatic N) is 3. The molecule has 0 spiro atoms. The van der Waals surface area contributed by atoms with Gasteiger partial charge in [-0.25, -0.2) is 9.78 Å². The number of aryl methyl sites for hydroxylation is 1. The molecule has 0 aromatic carbocycles. The van der Waals surface area contributed by atoms with Crippen molar-refractivity contribution in [3.63, 3.8) is 0 Å². The van der Waals surface area contributed by atoms with Crippen molar-refractivity contribution < 1.29 is 9.53 Å². The number of ether oxygens (including phenoxy) is 1. The van der Waals surface area contributed by atoms with E-state index in [9.17, 15) is 14.4 Å². The number of allylic oxidation sites excluding steroid dienone is 1. The number of aromatic nitrogens is 4. The van der Waals surface area contributed by atoms with Gasteiger partial charge in [0.05, 0.1) is 12.4 Å². The zero-order chi connectivity index (χ0) is 17.1. The first-order valence-electron chi connectivity index (χ1n) is 6.97. The van der Waals surface area contributed by atoms with Gasteiger partial charge in [-0.3, -0.25) is 19.1 Å². The summed E-state index contributed by atoms with van der Waals surface area (Å²) in [6, 6.07) is 0. The Hall–Kier alpha value is -2.29. The molecule has 0 aliphatic heterocycles. The number of hydrogen-bond acceptors (Lipinski definition) is 6. The van der Waals surface area contributed by atoms with Crippen LogP contribution in [0.3, 0.4) is 0 Å². The molecule has 0 radical (unpaired) electrons. The lowest BCUT2D eigenvalue weighted by molar-refractivity contribution is -0.139. The quantitative estimate of drug-likeness (QED) is 0.472. The Kier molecular flexibility index (Phi) is 5.09. The summed E-state index contributed by atoms with van der Waals surface area (Å²) in [7, 11) is 1.53. The maximum absolute atomic E-state index is 12.1. The van der Waals surface area contributed by atoms with Gasteiger partial charge >= 0.3 is 11.7 Å². The highest BCUT2D eigenvalue weighted by Gasteiger charge is 2.18. The fourth-order valence-electron chi connectivity index (χ4n) is 2.07. The number of esters is 1. The van der Waals surface area contributed by atoms with Crippen LogP contribution in [0.15, 0.2) is 26.9 Å². The second-order valence-corrected chi connectivity index (χ2v) is 5.96. The van der Waals surface area contributed by atoms with E-state index < -0.39 is 11.2 Å². The highest BCUT2D eigenvalue weighted by Crippen LogP contribution is 2.22. The van der Waals surface area contributed by atoms with Crippen LogP contribution in [-0.4, -0.2) is 37.4 Å². The molecule has 23 heavy (non-hydrogen) atoms. The molecule has 0 fully saturated rings. The summed E-state index contributed by atoms with van der Waals surface area (Å²) in [5, 5.41) is 0.461. The Morgan fingerprint density at radius 3 is 2.74 bits per heavy atom. The minimum Gasteiger partial charge on any atom is -0.465 e. The molecule has 0 unspecified atom stereocenters. The minimum absolute atomic E-state index is 0.0687. The summed E-state index contributed by atoms with van der Waals surface area (Å²) < 4.78 is 7.80. The first-order valence-corrected chi connectivity index (χ1v) is 7.96. The summed E-state index contributed by atoms with van der Waals surface area (Å²) in [5.74, 6) is -0.298. The lowest BCUT2D eigenvalue weighted by atomic mass is 10.3. The maximum Gasteiger partial charge on any atom is 0.329 e. The van der Waals surface area contributed by atoms with Crippen LogP contribution in [0.2, 0.25) is 0 Å². The molecule has 0 amide bonds. The number of thioether (sulfide) groups is 1. The minimum atomic E-state index is -0.538. The Balaban J connectivity index is 2.54. The molecule has 2 aromatic heterocycles. The number of carbonyl (C=O) groups is 1. The third-order valence-electron chi connectivity index (χ3n) is 3.02. The number of aromatic amines is 1. The van der Waals surface area contributed by atoms with Crippen molar-refractivity contribution in [2.24, 2.45) is 7.05 Å². The van der Waals surface area contributed by atoms with Crippen molar-refractivity contribution in [1.82, 2.24) is 19.1 Å². The van der Waals surface area contributed by atoms with Crippen LogP contribution in [0.4, 0.5) is 0 Å². The lowest BCUT2D eigenvalue weighted by Crippen LogP contribution is -2.29. The molecule has 0 bridgehead atoms. The molecule has 2 aromatic rings. The van der Waals surface area contributed by atoms with Gasteiger partial charge in [0.1, 0.15) is 0 Å². The van der Waals surface area contributed by atoms with E-state index in [2.05, 4.69) is 16.5 Å². The number of H-pyrrole nitrogens is 1. The van der Waals surface area contributed by atoms with Crippen molar-refractivity contribution in [2.45, 2.75) is 25.5 Å². The van der Waals surface area contributed by atoms with E-state index in [1.807, 2.05) is 6.92 Å². The van der Waals surface area contributed by atoms with Crippen LogP contribution in [0.5, 0.6) is 0 Å². The molecule has 0 aliphatic carbocycles. The van der Waals surface area contributed by atoms with Gasteiger partial charge in [-0.05, 0) is 13.8 Å². The molecule has 8 nitrogen and oxygen atoms in total.